The van der Waals surface area contributed by atoms with E-state index >= 15 is 0 Å². The summed E-state index contributed by atoms with van der Waals surface area (Å²) in [6, 6.07) is 5.18. The Kier molecular flexibility index (Phi) is 4.91. The molecule has 0 spiro atoms. The SMILES string of the molecule is COc1ccc(C)cc1S(=O)(=O)N1CC(OCC2CCOC2)C1. The molecule has 0 saturated carbocycles. The lowest BCUT2D eigenvalue weighted by Crippen LogP contribution is -2.54. The van der Waals surface area contributed by atoms with E-state index in [1.54, 1.807) is 12.1 Å². The molecule has 1 aromatic rings. The molecule has 6 nitrogen and oxygen atoms in total. The number of hydrogen-bond donors (Lipinski definition) is 0. The van der Waals surface area contributed by atoms with Crippen LogP contribution < -0.4 is 4.74 Å². The van der Waals surface area contributed by atoms with Crippen molar-refractivity contribution in [2.24, 2.45) is 5.92 Å². The molecule has 7 heteroatoms. The van der Waals surface area contributed by atoms with Crippen molar-refractivity contribution in [3.63, 3.8) is 0 Å². The molecule has 2 aliphatic heterocycles. The topological polar surface area (TPSA) is 65.1 Å². The molecule has 23 heavy (non-hydrogen) atoms. The Morgan fingerprint density at radius 3 is 2.78 bits per heavy atom. The molecule has 0 amide bonds. The van der Waals surface area contributed by atoms with Crippen molar-refractivity contribution < 1.29 is 22.6 Å². The van der Waals surface area contributed by atoms with Gasteiger partial charge >= 0.3 is 0 Å². The normalized spacial score (nSPS) is 23.0. The third kappa shape index (κ3) is 3.52. The summed E-state index contributed by atoms with van der Waals surface area (Å²) in [6.07, 6.45) is 0.996. The van der Waals surface area contributed by atoms with Gasteiger partial charge in [0, 0.05) is 25.6 Å². The van der Waals surface area contributed by atoms with Crippen LogP contribution in [0.15, 0.2) is 23.1 Å². The van der Waals surface area contributed by atoms with Crippen LogP contribution in [0.1, 0.15) is 12.0 Å². The molecule has 0 radical (unpaired) electrons. The molecule has 2 aliphatic rings. The van der Waals surface area contributed by atoms with Crippen molar-refractivity contribution in [3.05, 3.63) is 23.8 Å². The van der Waals surface area contributed by atoms with Crippen LogP contribution in [-0.4, -0.2) is 58.8 Å². The summed E-state index contributed by atoms with van der Waals surface area (Å²) >= 11 is 0. The highest BCUT2D eigenvalue weighted by Gasteiger charge is 2.39. The van der Waals surface area contributed by atoms with Gasteiger partial charge in [0.15, 0.2) is 0 Å². The maximum absolute atomic E-state index is 12.7. The summed E-state index contributed by atoms with van der Waals surface area (Å²) in [5.74, 6) is 0.820. The van der Waals surface area contributed by atoms with E-state index in [0.29, 0.717) is 31.4 Å². The van der Waals surface area contributed by atoms with Gasteiger partial charge in [-0.2, -0.15) is 4.31 Å². The number of nitrogens with zero attached hydrogens (tertiary/aromatic N) is 1. The zero-order chi connectivity index (χ0) is 16.4. The molecule has 128 valence electrons. The Morgan fingerprint density at radius 1 is 1.35 bits per heavy atom. The second-order valence-corrected chi connectivity index (χ2v) is 8.07. The Hall–Kier alpha value is -1.15. The highest BCUT2D eigenvalue weighted by Crippen LogP contribution is 2.31. The summed E-state index contributed by atoms with van der Waals surface area (Å²) in [7, 11) is -2.05. The van der Waals surface area contributed by atoms with E-state index in [0.717, 1.165) is 25.2 Å². The van der Waals surface area contributed by atoms with Crippen molar-refractivity contribution >= 4 is 10.0 Å². The standard InChI is InChI=1S/C16H23NO5S/c1-12-3-4-15(20-2)16(7-12)23(18,19)17-8-14(9-17)22-11-13-5-6-21-10-13/h3-4,7,13-14H,5-6,8-11H2,1-2H3. The predicted molar refractivity (Wildman–Crippen MR) is 85.2 cm³/mol. The third-order valence-electron chi connectivity index (χ3n) is 4.34. The summed E-state index contributed by atoms with van der Waals surface area (Å²) in [4.78, 5) is 0.225. The zero-order valence-corrected chi connectivity index (χ0v) is 14.3. The quantitative estimate of drug-likeness (QED) is 0.783. The number of benzene rings is 1. The summed E-state index contributed by atoms with van der Waals surface area (Å²) in [5, 5.41) is 0. The summed E-state index contributed by atoms with van der Waals surface area (Å²) < 4.78 is 43.2. The second kappa shape index (κ2) is 6.76. The Morgan fingerprint density at radius 2 is 2.13 bits per heavy atom. The summed E-state index contributed by atoms with van der Waals surface area (Å²) in [5.41, 5.74) is 0.888. The van der Waals surface area contributed by atoms with Gasteiger partial charge in [0.2, 0.25) is 10.0 Å². The van der Waals surface area contributed by atoms with Crippen LogP contribution in [0.2, 0.25) is 0 Å². The van der Waals surface area contributed by atoms with Crippen molar-refractivity contribution in [3.8, 4) is 5.75 Å². The highest BCUT2D eigenvalue weighted by molar-refractivity contribution is 7.89. The third-order valence-corrected chi connectivity index (χ3v) is 6.20. The first-order valence-electron chi connectivity index (χ1n) is 7.85. The van der Waals surface area contributed by atoms with Gasteiger partial charge in [-0.05, 0) is 31.0 Å². The predicted octanol–water partition coefficient (Wildman–Crippen LogP) is 1.43. The molecule has 1 atom stereocenters. The average Bonchev–Trinajstić information content (AvgIpc) is 2.98. The Bertz CT molecular complexity index is 648. The minimum absolute atomic E-state index is 0.0267. The van der Waals surface area contributed by atoms with Gasteiger partial charge in [0.05, 0.1) is 26.4 Å². The first-order valence-corrected chi connectivity index (χ1v) is 9.29. The molecule has 2 saturated heterocycles. The van der Waals surface area contributed by atoms with Crippen LogP contribution in [0.25, 0.3) is 0 Å². The lowest BCUT2D eigenvalue weighted by Gasteiger charge is -2.38. The van der Waals surface area contributed by atoms with E-state index in [1.807, 2.05) is 13.0 Å². The van der Waals surface area contributed by atoms with Gasteiger partial charge < -0.3 is 14.2 Å². The summed E-state index contributed by atoms with van der Waals surface area (Å²) in [6.45, 7) is 4.85. The monoisotopic (exact) mass is 341 g/mol. The molecule has 0 N–H and O–H groups in total. The minimum atomic E-state index is -3.53. The van der Waals surface area contributed by atoms with E-state index in [1.165, 1.54) is 11.4 Å². The van der Waals surface area contributed by atoms with E-state index in [9.17, 15) is 8.42 Å². The lowest BCUT2D eigenvalue weighted by atomic mass is 10.1. The smallest absolute Gasteiger partial charge is 0.246 e. The van der Waals surface area contributed by atoms with E-state index < -0.39 is 10.0 Å². The van der Waals surface area contributed by atoms with Crippen LogP contribution in [0.4, 0.5) is 0 Å². The van der Waals surface area contributed by atoms with Crippen molar-refractivity contribution in [2.75, 3.05) is 40.0 Å². The molecule has 2 fully saturated rings. The molecule has 0 aliphatic carbocycles. The lowest BCUT2D eigenvalue weighted by molar-refractivity contribution is -0.0354. The van der Waals surface area contributed by atoms with Crippen LogP contribution in [-0.2, 0) is 19.5 Å². The van der Waals surface area contributed by atoms with E-state index in [-0.39, 0.29) is 11.0 Å². The molecule has 3 rings (SSSR count). The Balaban J connectivity index is 1.60. The van der Waals surface area contributed by atoms with Gasteiger partial charge in [-0.25, -0.2) is 8.42 Å². The number of sulfonamides is 1. The van der Waals surface area contributed by atoms with Gasteiger partial charge in [-0.15, -0.1) is 0 Å². The zero-order valence-electron chi connectivity index (χ0n) is 13.5. The van der Waals surface area contributed by atoms with Crippen molar-refractivity contribution in [1.82, 2.24) is 4.31 Å². The molecule has 1 unspecified atom stereocenters. The number of methoxy groups -OCH3 is 1. The van der Waals surface area contributed by atoms with Crippen LogP contribution >= 0.6 is 0 Å². The highest BCUT2D eigenvalue weighted by atomic mass is 32.2. The number of hydrogen-bond acceptors (Lipinski definition) is 5. The van der Waals surface area contributed by atoms with Gasteiger partial charge in [-0.3, -0.25) is 0 Å². The van der Waals surface area contributed by atoms with Gasteiger partial charge in [0.25, 0.3) is 0 Å². The van der Waals surface area contributed by atoms with Gasteiger partial charge in [0.1, 0.15) is 10.6 Å². The Labute approximate surface area is 137 Å². The number of rotatable bonds is 6. The fourth-order valence-corrected chi connectivity index (χ4v) is 4.56. The van der Waals surface area contributed by atoms with Crippen molar-refractivity contribution in [2.45, 2.75) is 24.3 Å². The molecular weight excluding hydrogens is 318 g/mol. The van der Waals surface area contributed by atoms with E-state index in [2.05, 4.69) is 0 Å². The van der Waals surface area contributed by atoms with Crippen LogP contribution in [0.3, 0.4) is 0 Å². The molecule has 0 bridgehead atoms. The van der Waals surface area contributed by atoms with Gasteiger partial charge in [-0.1, -0.05) is 6.07 Å². The molecule has 0 aromatic heterocycles. The fourth-order valence-electron chi connectivity index (χ4n) is 2.81. The van der Waals surface area contributed by atoms with E-state index in [4.69, 9.17) is 14.2 Å². The second-order valence-electron chi connectivity index (χ2n) is 6.16. The van der Waals surface area contributed by atoms with Crippen molar-refractivity contribution in [1.29, 1.82) is 0 Å². The minimum Gasteiger partial charge on any atom is -0.495 e. The number of aryl methyl sites for hydroxylation is 1. The largest absolute Gasteiger partial charge is 0.495 e. The maximum Gasteiger partial charge on any atom is 0.246 e. The van der Waals surface area contributed by atoms with Crippen LogP contribution in [0, 0.1) is 12.8 Å². The maximum atomic E-state index is 12.7. The molecule has 1 aromatic carbocycles. The fraction of sp³-hybridized carbons (Fsp3) is 0.625. The average molecular weight is 341 g/mol. The van der Waals surface area contributed by atoms with Crippen LogP contribution in [0.5, 0.6) is 5.75 Å². The molecular formula is C16H23NO5S. The molecule has 2 heterocycles. The first-order chi connectivity index (χ1) is 11.0. The number of ether oxygens (including phenoxy) is 3. The first kappa shape index (κ1) is 16.7.